The number of amides is 1. The number of rotatable bonds is 6. The third-order valence-electron chi connectivity index (χ3n) is 4.33. The lowest BCUT2D eigenvalue weighted by atomic mass is 10.0. The molecular weight excluding hydrogens is 354 g/mol. The van der Waals surface area contributed by atoms with Gasteiger partial charge in [-0.3, -0.25) is 19.6 Å². The number of hydrogen-bond acceptors (Lipinski definition) is 5. The molecule has 1 aromatic carbocycles. The summed E-state index contributed by atoms with van der Waals surface area (Å²) in [5, 5.41) is 2.86. The average molecular weight is 375 g/mol. The minimum Gasteiger partial charge on any atom is -0.469 e. The molecule has 1 unspecified atom stereocenters. The Morgan fingerprint density at radius 3 is 2.61 bits per heavy atom. The van der Waals surface area contributed by atoms with Gasteiger partial charge in [0.1, 0.15) is 0 Å². The fourth-order valence-electron chi connectivity index (χ4n) is 2.83. The monoisotopic (exact) mass is 375 g/mol. The number of esters is 1. The first-order valence-corrected chi connectivity index (χ1v) is 8.87. The summed E-state index contributed by atoms with van der Waals surface area (Å²) in [4.78, 5) is 32.9. The highest BCUT2D eigenvalue weighted by atomic mass is 16.5. The van der Waals surface area contributed by atoms with Crippen molar-refractivity contribution in [1.29, 1.82) is 0 Å². The molecule has 0 saturated carbocycles. The van der Waals surface area contributed by atoms with Crippen molar-refractivity contribution in [3.05, 3.63) is 83.8 Å². The van der Waals surface area contributed by atoms with Crippen LogP contribution >= 0.6 is 0 Å². The highest BCUT2D eigenvalue weighted by Gasteiger charge is 2.20. The molecule has 0 aliphatic heterocycles. The van der Waals surface area contributed by atoms with Gasteiger partial charge in [0.15, 0.2) is 0 Å². The molecule has 1 N–H and O–H groups in total. The highest BCUT2D eigenvalue weighted by Crippen LogP contribution is 2.20. The Hall–Kier alpha value is -3.54. The van der Waals surface area contributed by atoms with E-state index in [1.807, 2.05) is 37.3 Å². The van der Waals surface area contributed by atoms with Crippen LogP contribution in [0.1, 0.15) is 33.9 Å². The molecule has 0 saturated heterocycles. The first kappa shape index (κ1) is 19.2. The number of pyridine rings is 2. The van der Waals surface area contributed by atoms with E-state index in [1.54, 1.807) is 30.6 Å². The second kappa shape index (κ2) is 8.90. The van der Waals surface area contributed by atoms with Gasteiger partial charge in [-0.25, -0.2) is 0 Å². The molecule has 28 heavy (non-hydrogen) atoms. The smallest absolute Gasteiger partial charge is 0.307 e. The van der Waals surface area contributed by atoms with Gasteiger partial charge in [0.05, 0.1) is 30.8 Å². The number of ether oxygens (including phenoxy) is 1. The SMILES string of the molecule is COC(=O)CC(NC(=O)c1ccc(-c2cccc(C)c2)nc1)c1cccnc1. The summed E-state index contributed by atoms with van der Waals surface area (Å²) in [7, 11) is 1.32. The predicted molar refractivity (Wildman–Crippen MR) is 105 cm³/mol. The van der Waals surface area contributed by atoms with Gasteiger partial charge in [0.25, 0.3) is 5.91 Å². The lowest BCUT2D eigenvalue weighted by molar-refractivity contribution is -0.141. The van der Waals surface area contributed by atoms with Crippen LogP contribution in [-0.2, 0) is 9.53 Å². The molecule has 0 radical (unpaired) electrons. The van der Waals surface area contributed by atoms with E-state index < -0.39 is 12.0 Å². The number of aryl methyl sites for hydroxylation is 1. The molecule has 0 spiro atoms. The van der Waals surface area contributed by atoms with E-state index in [0.29, 0.717) is 5.56 Å². The van der Waals surface area contributed by atoms with Gasteiger partial charge >= 0.3 is 5.97 Å². The molecule has 3 rings (SSSR count). The Balaban J connectivity index is 1.77. The maximum atomic E-state index is 12.7. The van der Waals surface area contributed by atoms with Gasteiger partial charge in [-0.15, -0.1) is 0 Å². The van der Waals surface area contributed by atoms with Gasteiger partial charge in [-0.05, 0) is 36.8 Å². The van der Waals surface area contributed by atoms with E-state index in [0.717, 1.165) is 22.4 Å². The zero-order chi connectivity index (χ0) is 19.9. The van der Waals surface area contributed by atoms with Crippen molar-refractivity contribution in [1.82, 2.24) is 15.3 Å². The Morgan fingerprint density at radius 1 is 1.11 bits per heavy atom. The molecule has 1 atom stereocenters. The summed E-state index contributed by atoms with van der Waals surface area (Å²) in [6.07, 6.45) is 4.80. The molecule has 0 fully saturated rings. The van der Waals surface area contributed by atoms with Crippen LogP contribution in [0.2, 0.25) is 0 Å². The number of methoxy groups -OCH3 is 1. The van der Waals surface area contributed by atoms with Gasteiger partial charge in [0.2, 0.25) is 0 Å². The van der Waals surface area contributed by atoms with Crippen LogP contribution in [0.25, 0.3) is 11.3 Å². The highest BCUT2D eigenvalue weighted by molar-refractivity contribution is 5.94. The molecule has 2 aromatic heterocycles. The Kier molecular flexibility index (Phi) is 6.11. The lowest BCUT2D eigenvalue weighted by Gasteiger charge is -2.18. The number of aromatic nitrogens is 2. The van der Waals surface area contributed by atoms with E-state index in [2.05, 4.69) is 15.3 Å². The van der Waals surface area contributed by atoms with Crippen molar-refractivity contribution >= 4 is 11.9 Å². The summed E-state index contributed by atoms with van der Waals surface area (Å²) in [6, 6.07) is 14.6. The van der Waals surface area contributed by atoms with Crippen molar-refractivity contribution < 1.29 is 14.3 Å². The number of benzene rings is 1. The van der Waals surface area contributed by atoms with Crippen LogP contribution in [0.15, 0.2) is 67.1 Å². The summed E-state index contributed by atoms with van der Waals surface area (Å²) >= 11 is 0. The second-order valence-electron chi connectivity index (χ2n) is 6.39. The number of carbonyl (C=O) groups is 2. The third-order valence-corrected chi connectivity index (χ3v) is 4.33. The van der Waals surface area contributed by atoms with Crippen LogP contribution < -0.4 is 5.32 Å². The quantitative estimate of drug-likeness (QED) is 0.667. The molecule has 1 amide bonds. The Morgan fingerprint density at radius 2 is 1.96 bits per heavy atom. The van der Waals surface area contributed by atoms with E-state index in [9.17, 15) is 9.59 Å². The molecule has 6 heteroatoms. The summed E-state index contributed by atoms with van der Waals surface area (Å²) in [5.74, 6) is -0.733. The molecule has 2 heterocycles. The summed E-state index contributed by atoms with van der Waals surface area (Å²) in [5.41, 5.74) is 4.06. The van der Waals surface area contributed by atoms with Crippen molar-refractivity contribution in [3.8, 4) is 11.3 Å². The summed E-state index contributed by atoms with van der Waals surface area (Å²) in [6.45, 7) is 2.02. The minimum atomic E-state index is -0.537. The largest absolute Gasteiger partial charge is 0.469 e. The second-order valence-corrected chi connectivity index (χ2v) is 6.39. The molecular formula is C22H21N3O3. The number of carbonyl (C=O) groups excluding carboxylic acids is 2. The van der Waals surface area contributed by atoms with Gasteiger partial charge in [-0.2, -0.15) is 0 Å². The van der Waals surface area contributed by atoms with Gasteiger partial charge < -0.3 is 10.1 Å². The van der Waals surface area contributed by atoms with E-state index in [1.165, 1.54) is 13.3 Å². The van der Waals surface area contributed by atoms with Gasteiger partial charge in [0, 0.05) is 24.2 Å². The minimum absolute atomic E-state index is 0.0166. The normalized spacial score (nSPS) is 11.5. The Labute approximate surface area is 163 Å². The zero-order valence-electron chi connectivity index (χ0n) is 15.8. The first-order valence-electron chi connectivity index (χ1n) is 8.87. The maximum absolute atomic E-state index is 12.7. The number of hydrogen-bond donors (Lipinski definition) is 1. The van der Waals surface area contributed by atoms with E-state index >= 15 is 0 Å². The molecule has 0 aliphatic rings. The van der Waals surface area contributed by atoms with Crippen LogP contribution in [0.5, 0.6) is 0 Å². The number of nitrogens with one attached hydrogen (secondary N) is 1. The predicted octanol–water partition coefficient (Wildman–Crippen LogP) is 3.49. The molecule has 0 bridgehead atoms. The number of nitrogens with zero attached hydrogens (tertiary/aromatic N) is 2. The van der Waals surface area contributed by atoms with Crippen molar-refractivity contribution in [3.63, 3.8) is 0 Å². The summed E-state index contributed by atoms with van der Waals surface area (Å²) < 4.78 is 4.74. The fraction of sp³-hybridized carbons (Fsp3) is 0.182. The van der Waals surface area contributed by atoms with E-state index in [-0.39, 0.29) is 12.3 Å². The maximum Gasteiger partial charge on any atom is 0.307 e. The standard InChI is InChI=1S/C22H21N3O3/c1-15-5-3-6-16(11-15)19-9-8-18(14-24-19)22(27)25-20(12-21(26)28-2)17-7-4-10-23-13-17/h3-11,13-14,20H,12H2,1-2H3,(H,25,27). The Bertz CT molecular complexity index is 956. The van der Waals surface area contributed by atoms with Crippen LogP contribution in [0, 0.1) is 6.92 Å². The van der Waals surface area contributed by atoms with Crippen molar-refractivity contribution in [2.45, 2.75) is 19.4 Å². The van der Waals surface area contributed by atoms with Crippen LogP contribution in [-0.4, -0.2) is 29.0 Å². The van der Waals surface area contributed by atoms with Crippen LogP contribution in [0.4, 0.5) is 0 Å². The lowest BCUT2D eigenvalue weighted by Crippen LogP contribution is -2.30. The molecule has 6 nitrogen and oxygen atoms in total. The first-order chi connectivity index (χ1) is 13.6. The third kappa shape index (κ3) is 4.79. The molecule has 3 aromatic rings. The molecule has 0 aliphatic carbocycles. The van der Waals surface area contributed by atoms with Crippen molar-refractivity contribution in [2.24, 2.45) is 0 Å². The van der Waals surface area contributed by atoms with Crippen molar-refractivity contribution in [2.75, 3.05) is 7.11 Å². The topological polar surface area (TPSA) is 81.2 Å². The van der Waals surface area contributed by atoms with Gasteiger partial charge in [-0.1, -0.05) is 29.8 Å². The molecule has 142 valence electrons. The van der Waals surface area contributed by atoms with E-state index in [4.69, 9.17) is 4.74 Å². The fourth-order valence-corrected chi connectivity index (χ4v) is 2.83. The van der Waals surface area contributed by atoms with Crippen LogP contribution in [0.3, 0.4) is 0 Å². The zero-order valence-corrected chi connectivity index (χ0v) is 15.8. The average Bonchev–Trinajstić information content (AvgIpc) is 2.74.